The van der Waals surface area contributed by atoms with Gasteiger partial charge in [0.1, 0.15) is 5.92 Å². The second kappa shape index (κ2) is 10.8. The largest absolute Gasteiger partial charge is 0.453 e. The summed E-state index contributed by atoms with van der Waals surface area (Å²) in [5.41, 5.74) is 0. The van der Waals surface area contributed by atoms with E-state index in [-0.39, 0.29) is 17.7 Å². The summed E-state index contributed by atoms with van der Waals surface area (Å²) in [5, 5.41) is 0. The molecule has 2 aliphatic rings. The van der Waals surface area contributed by atoms with Crippen molar-refractivity contribution in [1.29, 1.82) is 0 Å². The van der Waals surface area contributed by atoms with Gasteiger partial charge >= 0.3 is 5.97 Å². The van der Waals surface area contributed by atoms with Crippen LogP contribution in [0.4, 0.5) is 0 Å². The zero-order chi connectivity index (χ0) is 16.3. The van der Waals surface area contributed by atoms with Gasteiger partial charge in [-0.1, -0.05) is 83.5 Å². The standard InChI is InChI=1S/C20H34O3/c21-18-16-14-12-10-8-6-4-2-1-3-5-7-9-11-13-15-17-19(18)23-20(17)22/h17,19H,1-16H2. The second-order valence-electron chi connectivity index (χ2n) is 7.42. The van der Waals surface area contributed by atoms with Crippen LogP contribution in [0.2, 0.25) is 0 Å². The molecule has 0 spiro atoms. The Bertz CT molecular complexity index is 364. The van der Waals surface area contributed by atoms with E-state index in [1.807, 2.05) is 0 Å². The molecule has 2 rings (SSSR count). The molecular formula is C20H34O3. The Labute approximate surface area is 141 Å². The van der Waals surface area contributed by atoms with E-state index in [0.29, 0.717) is 6.42 Å². The third-order valence-electron chi connectivity index (χ3n) is 5.42. The van der Waals surface area contributed by atoms with E-state index in [2.05, 4.69) is 0 Å². The normalized spacial score (nSPS) is 30.1. The molecule has 0 N–H and O–H groups in total. The highest BCUT2D eigenvalue weighted by Gasteiger charge is 2.45. The van der Waals surface area contributed by atoms with Gasteiger partial charge < -0.3 is 4.74 Å². The molecule has 132 valence electrons. The van der Waals surface area contributed by atoms with Crippen molar-refractivity contribution in [2.75, 3.05) is 0 Å². The van der Waals surface area contributed by atoms with E-state index < -0.39 is 6.10 Å². The van der Waals surface area contributed by atoms with Crippen molar-refractivity contribution in [3.05, 3.63) is 0 Å². The number of ether oxygens (including phenoxy) is 1. The van der Waals surface area contributed by atoms with E-state index in [4.69, 9.17) is 4.74 Å². The number of rotatable bonds is 0. The second-order valence-corrected chi connectivity index (χ2v) is 7.42. The first-order valence-corrected chi connectivity index (χ1v) is 10.0. The molecule has 0 amide bonds. The number of hydrogen-bond donors (Lipinski definition) is 0. The monoisotopic (exact) mass is 322 g/mol. The van der Waals surface area contributed by atoms with Gasteiger partial charge in [-0.3, -0.25) is 9.59 Å². The smallest absolute Gasteiger partial charge is 0.313 e. The van der Waals surface area contributed by atoms with E-state index in [1.165, 1.54) is 70.6 Å². The minimum Gasteiger partial charge on any atom is -0.453 e. The van der Waals surface area contributed by atoms with Gasteiger partial charge in [0.2, 0.25) is 0 Å². The van der Waals surface area contributed by atoms with Gasteiger partial charge in [0, 0.05) is 6.42 Å². The van der Waals surface area contributed by atoms with Gasteiger partial charge in [-0.15, -0.1) is 0 Å². The predicted octanol–water partition coefficient (Wildman–Crippen LogP) is 5.35. The molecule has 2 fully saturated rings. The number of fused-ring (bicyclic) bond motifs is 1. The average molecular weight is 322 g/mol. The number of ketones is 1. The maximum Gasteiger partial charge on any atom is 0.313 e. The SMILES string of the molecule is O=C1OC2C(=O)CCCCCCCCCCCCCCCCC12. The number of carbonyl (C=O) groups excluding carboxylic acids is 2. The van der Waals surface area contributed by atoms with Crippen LogP contribution in [0.15, 0.2) is 0 Å². The molecule has 1 saturated carbocycles. The molecule has 0 radical (unpaired) electrons. The predicted molar refractivity (Wildman–Crippen MR) is 92.2 cm³/mol. The highest BCUT2D eigenvalue weighted by atomic mass is 16.6. The molecule has 23 heavy (non-hydrogen) atoms. The minimum atomic E-state index is -0.412. The molecule has 0 bridgehead atoms. The fourth-order valence-corrected chi connectivity index (χ4v) is 3.83. The Hall–Kier alpha value is -0.860. The molecular weight excluding hydrogens is 288 g/mol. The van der Waals surface area contributed by atoms with Gasteiger partial charge in [-0.25, -0.2) is 0 Å². The van der Waals surface area contributed by atoms with Crippen molar-refractivity contribution >= 4 is 11.8 Å². The van der Waals surface area contributed by atoms with E-state index >= 15 is 0 Å². The van der Waals surface area contributed by atoms with E-state index in [9.17, 15) is 9.59 Å². The zero-order valence-electron chi connectivity index (χ0n) is 14.7. The van der Waals surface area contributed by atoms with Crippen molar-refractivity contribution in [3.63, 3.8) is 0 Å². The minimum absolute atomic E-state index is 0.135. The lowest BCUT2D eigenvalue weighted by Crippen LogP contribution is -2.49. The Balaban J connectivity index is 1.72. The summed E-state index contributed by atoms with van der Waals surface area (Å²) in [7, 11) is 0. The molecule has 3 heteroatoms. The Morgan fingerprint density at radius 2 is 1.04 bits per heavy atom. The highest BCUT2D eigenvalue weighted by molar-refractivity contribution is 5.95. The quantitative estimate of drug-likeness (QED) is 0.564. The summed E-state index contributed by atoms with van der Waals surface area (Å²) in [6.45, 7) is 0. The van der Waals surface area contributed by atoms with Crippen LogP contribution in [0.3, 0.4) is 0 Å². The third-order valence-corrected chi connectivity index (χ3v) is 5.42. The summed E-state index contributed by atoms with van der Waals surface area (Å²) >= 11 is 0. The maximum atomic E-state index is 12.2. The topological polar surface area (TPSA) is 43.4 Å². The highest BCUT2D eigenvalue weighted by Crippen LogP contribution is 2.30. The summed E-state index contributed by atoms with van der Waals surface area (Å²) in [5.74, 6) is -0.119. The summed E-state index contributed by atoms with van der Waals surface area (Å²) in [4.78, 5) is 23.8. The van der Waals surface area contributed by atoms with Crippen LogP contribution < -0.4 is 0 Å². The molecule has 1 saturated heterocycles. The van der Waals surface area contributed by atoms with E-state index in [0.717, 1.165) is 25.7 Å². The first kappa shape index (κ1) is 18.5. The van der Waals surface area contributed by atoms with Gasteiger partial charge in [-0.2, -0.15) is 0 Å². The van der Waals surface area contributed by atoms with Crippen molar-refractivity contribution in [3.8, 4) is 0 Å². The Morgan fingerprint density at radius 1 is 0.609 bits per heavy atom. The van der Waals surface area contributed by atoms with Crippen molar-refractivity contribution in [2.24, 2.45) is 5.92 Å². The molecule has 1 aliphatic heterocycles. The lowest BCUT2D eigenvalue weighted by molar-refractivity contribution is -0.188. The van der Waals surface area contributed by atoms with Gasteiger partial charge in [0.25, 0.3) is 0 Å². The number of carbonyl (C=O) groups is 2. The molecule has 0 aromatic rings. The fourth-order valence-electron chi connectivity index (χ4n) is 3.83. The molecule has 0 aromatic carbocycles. The lowest BCUT2D eigenvalue weighted by Gasteiger charge is -2.34. The van der Waals surface area contributed by atoms with Gasteiger partial charge in [0.15, 0.2) is 11.9 Å². The van der Waals surface area contributed by atoms with Crippen LogP contribution in [0.5, 0.6) is 0 Å². The van der Waals surface area contributed by atoms with Crippen molar-refractivity contribution in [1.82, 2.24) is 0 Å². The molecule has 1 aliphatic carbocycles. The van der Waals surface area contributed by atoms with Crippen molar-refractivity contribution < 1.29 is 14.3 Å². The molecule has 3 nitrogen and oxygen atoms in total. The Kier molecular flexibility index (Phi) is 8.70. The maximum absolute atomic E-state index is 12.2. The zero-order valence-corrected chi connectivity index (χ0v) is 14.7. The summed E-state index contributed by atoms with van der Waals surface area (Å²) in [6.07, 6.45) is 18.7. The van der Waals surface area contributed by atoms with Crippen LogP contribution in [0.25, 0.3) is 0 Å². The van der Waals surface area contributed by atoms with Gasteiger partial charge in [0.05, 0.1) is 0 Å². The van der Waals surface area contributed by atoms with Crippen LogP contribution >= 0.6 is 0 Å². The van der Waals surface area contributed by atoms with Crippen LogP contribution in [0.1, 0.15) is 103 Å². The Morgan fingerprint density at radius 3 is 1.52 bits per heavy atom. The van der Waals surface area contributed by atoms with E-state index in [1.54, 1.807) is 0 Å². The first-order chi connectivity index (χ1) is 11.3. The summed E-state index contributed by atoms with van der Waals surface area (Å²) in [6, 6.07) is 0. The summed E-state index contributed by atoms with van der Waals surface area (Å²) < 4.78 is 5.12. The number of Topliss-reactive ketones (excluding diaryl/α,β-unsaturated/α-hetero) is 1. The lowest BCUT2D eigenvalue weighted by atomic mass is 9.86. The third kappa shape index (κ3) is 6.64. The van der Waals surface area contributed by atoms with Crippen LogP contribution in [-0.2, 0) is 14.3 Å². The molecule has 0 aromatic heterocycles. The number of hydrogen-bond acceptors (Lipinski definition) is 3. The molecule has 2 atom stereocenters. The van der Waals surface area contributed by atoms with Crippen LogP contribution in [0, 0.1) is 5.92 Å². The van der Waals surface area contributed by atoms with Crippen molar-refractivity contribution in [2.45, 2.75) is 109 Å². The first-order valence-electron chi connectivity index (χ1n) is 10.0. The number of esters is 1. The van der Waals surface area contributed by atoms with Gasteiger partial charge in [-0.05, 0) is 12.8 Å². The molecule has 1 heterocycles. The van der Waals surface area contributed by atoms with Crippen LogP contribution in [-0.4, -0.2) is 17.9 Å². The fraction of sp³-hybridized carbons (Fsp3) is 0.900. The average Bonchev–Trinajstić information content (AvgIpc) is 2.54. The molecule has 2 unspecified atom stereocenters.